The van der Waals surface area contributed by atoms with E-state index in [1.807, 2.05) is 12.1 Å². The van der Waals surface area contributed by atoms with Gasteiger partial charge in [0.25, 0.3) is 0 Å². The molecule has 0 aliphatic carbocycles. The molecule has 0 aliphatic heterocycles. The van der Waals surface area contributed by atoms with Crippen LogP contribution < -0.4 is 4.74 Å². The van der Waals surface area contributed by atoms with Crippen LogP contribution in [-0.2, 0) is 0 Å². The highest BCUT2D eigenvalue weighted by atomic mass is 19.1. The second kappa shape index (κ2) is 3.96. The molecule has 11 heavy (non-hydrogen) atoms. The van der Waals surface area contributed by atoms with E-state index in [2.05, 4.69) is 6.92 Å². The van der Waals surface area contributed by atoms with Crippen LogP contribution in [0.1, 0.15) is 5.56 Å². The molecule has 0 heterocycles. The van der Waals surface area contributed by atoms with E-state index in [-0.39, 0.29) is 6.61 Å². The molecule has 0 aromatic heterocycles. The molecule has 0 amide bonds. The van der Waals surface area contributed by atoms with E-state index in [1.54, 1.807) is 12.1 Å². The molecule has 0 fully saturated rings. The van der Waals surface area contributed by atoms with Crippen molar-refractivity contribution in [1.29, 1.82) is 0 Å². The Labute approximate surface area is 65.8 Å². The van der Waals surface area contributed by atoms with Gasteiger partial charge in [0, 0.05) is 0 Å². The molecule has 0 saturated heterocycles. The molecule has 2 heteroatoms. The van der Waals surface area contributed by atoms with E-state index >= 15 is 0 Å². The zero-order chi connectivity index (χ0) is 8.10. The van der Waals surface area contributed by atoms with Gasteiger partial charge in [-0.1, -0.05) is 12.1 Å². The maximum Gasteiger partial charge on any atom is 0.123 e. The first-order valence-corrected chi connectivity index (χ1v) is 3.43. The minimum Gasteiger partial charge on any atom is -0.491 e. The van der Waals surface area contributed by atoms with Crippen molar-refractivity contribution in [3.8, 4) is 5.75 Å². The minimum absolute atomic E-state index is 0.115. The molecular weight excluding hydrogens is 143 g/mol. The second-order valence-corrected chi connectivity index (χ2v) is 2.18. The Morgan fingerprint density at radius 2 is 2.27 bits per heavy atom. The van der Waals surface area contributed by atoms with Gasteiger partial charge in [-0.3, -0.25) is 0 Å². The van der Waals surface area contributed by atoms with Crippen LogP contribution in [0, 0.1) is 6.92 Å². The van der Waals surface area contributed by atoms with Crippen LogP contribution in [0.25, 0.3) is 0 Å². The van der Waals surface area contributed by atoms with Crippen LogP contribution in [-0.4, -0.2) is 13.3 Å². The Kier molecular flexibility index (Phi) is 2.90. The molecule has 1 aromatic carbocycles. The van der Waals surface area contributed by atoms with Gasteiger partial charge in [0.1, 0.15) is 19.0 Å². The molecule has 0 spiro atoms. The van der Waals surface area contributed by atoms with Gasteiger partial charge in [-0.05, 0) is 24.6 Å². The van der Waals surface area contributed by atoms with Crippen molar-refractivity contribution in [3.05, 3.63) is 36.8 Å². The molecule has 0 atom stereocenters. The van der Waals surface area contributed by atoms with Crippen LogP contribution in [0.4, 0.5) is 4.39 Å². The van der Waals surface area contributed by atoms with E-state index in [4.69, 9.17) is 4.74 Å². The van der Waals surface area contributed by atoms with Crippen molar-refractivity contribution < 1.29 is 9.13 Å². The van der Waals surface area contributed by atoms with E-state index < -0.39 is 6.67 Å². The number of rotatable bonds is 3. The van der Waals surface area contributed by atoms with Crippen LogP contribution in [0.3, 0.4) is 0 Å². The summed E-state index contributed by atoms with van der Waals surface area (Å²) < 4.78 is 16.7. The Balaban J connectivity index is 2.56. The van der Waals surface area contributed by atoms with Crippen molar-refractivity contribution >= 4 is 0 Å². The Bertz CT molecular complexity index is 223. The summed E-state index contributed by atoms with van der Waals surface area (Å²) in [5, 5.41) is 0. The third kappa shape index (κ3) is 2.58. The van der Waals surface area contributed by atoms with Crippen LogP contribution >= 0.6 is 0 Å². The number of hydrogen-bond donors (Lipinski definition) is 0. The van der Waals surface area contributed by atoms with E-state index in [9.17, 15) is 4.39 Å². The van der Waals surface area contributed by atoms with Crippen molar-refractivity contribution in [2.75, 3.05) is 13.3 Å². The van der Waals surface area contributed by atoms with Crippen molar-refractivity contribution in [2.24, 2.45) is 0 Å². The second-order valence-electron chi connectivity index (χ2n) is 2.18. The van der Waals surface area contributed by atoms with E-state index in [1.165, 1.54) is 0 Å². The lowest BCUT2D eigenvalue weighted by Crippen LogP contribution is -1.98. The molecule has 1 radical (unpaired) electrons. The zero-order valence-corrected chi connectivity index (χ0v) is 6.22. The molecule has 0 unspecified atom stereocenters. The summed E-state index contributed by atoms with van der Waals surface area (Å²) in [6.45, 7) is 3.37. The summed E-state index contributed by atoms with van der Waals surface area (Å²) in [7, 11) is 0. The highest BCUT2D eigenvalue weighted by Crippen LogP contribution is 2.11. The predicted molar refractivity (Wildman–Crippen MR) is 42.4 cm³/mol. The first kappa shape index (κ1) is 8.05. The number of benzene rings is 1. The number of ether oxygens (including phenoxy) is 1. The van der Waals surface area contributed by atoms with Gasteiger partial charge < -0.3 is 4.74 Å². The average molecular weight is 153 g/mol. The summed E-state index contributed by atoms with van der Waals surface area (Å²) in [4.78, 5) is 0. The lowest BCUT2D eigenvalue weighted by Gasteiger charge is -2.02. The molecule has 1 rings (SSSR count). The standard InChI is InChI=1S/C9H10FO/c1-8-3-2-4-9(7-8)11-6-5-10/h2-4,7H,1,5-6H2. The number of alkyl halides is 1. The van der Waals surface area contributed by atoms with E-state index in [0.717, 1.165) is 5.56 Å². The monoisotopic (exact) mass is 153 g/mol. The third-order valence-corrected chi connectivity index (χ3v) is 1.24. The lowest BCUT2D eigenvalue weighted by atomic mass is 10.2. The topological polar surface area (TPSA) is 9.23 Å². The quantitative estimate of drug-likeness (QED) is 0.647. The smallest absolute Gasteiger partial charge is 0.123 e. The van der Waals surface area contributed by atoms with Gasteiger partial charge in [0.05, 0.1) is 0 Å². The molecule has 59 valence electrons. The largest absolute Gasteiger partial charge is 0.491 e. The summed E-state index contributed by atoms with van der Waals surface area (Å²) in [6, 6.07) is 7.25. The summed E-state index contributed by atoms with van der Waals surface area (Å²) in [5.41, 5.74) is 0.876. The van der Waals surface area contributed by atoms with Crippen molar-refractivity contribution in [3.63, 3.8) is 0 Å². The van der Waals surface area contributed by atoms with Crippen molar-refractivity contribution in [1.82, 2.24) is 0 Å². The molecular formula is C9H10FO. The highest BCUT2D eigenvalue weighted by molar-refractivity contribution is 5.29. The minimum atomic E-state index is -0.457. The fourth-order valence-electron chi connectivity index (χ4n) is 0.792. The van der Waals surface area contributed by atoms with Crippen LogP contribution in [0.2, 0.25) is 0 Å². The predicted octanol–water partition coefficient (Wildman–Crippen LogP) is 2.22. The maximum atomic E-state index is 11.6. The summed E-state index contributed by atoms with van der Waals surface area (Å²) in [5.74, 6) is 0.676. The molecule has 0 bridgehead atoms. The summed E-state index contributed by atoms with van der Waals surface area (Å²) >= 11 is 0. The molecule has 1 aromatic rings. The SMILES string of the molecule is [CH2]c1cccc(OCCF)c1. The molecule has 0 aliphatic rings. The van der Waals surface area contributed by atoms with Crippen LogP contribution in [0.5, 0.6) is 5.75 Å². The van der Waals surface area contributed by atoms with Gasteiger partial charge in [-0.25, -0.2) is 4.39 Å². The Hall–Kier alpha value is -1.05. The van der Waals surface area contributed by atoms with E-state index in [0.29, 0.717) is 5.75 Å². The molecule has 1 nitrogen and oxygen atoms in total. The third-order valence-electron chi connectivity index (χ3n) is 1.24. The van der Waals surface area contributed by atoms with Gasteiger partial charge in [-0.2, -0.15) is 0 Å². The van der Waals surface area contributed by atoms with Gasteiger partial charge in [0.2, 0.25) is 0 Å². The Morgan fingerprint density at radius 1 is 1.45 bits per heavy atom. The zero-order valence-electron chi connectivity index (χ0n) is 6.22. The van der Waals surface area contributed by atoms with Crippen molar-refractivity contribution in [2.45, 2.75) is 0 Å². The maximum absolute atomic E-state index is 11.6. The normalized spacial score (nSPS) is 9.64. The number of hydrogen-bond acceptors (Lipinski definition) is 1. The van der Waals surface area contributed by atoms with Crippen LogP contribution in [0.15, 0.2) is 24.3 Å². The molecule has 0 saturated carbocycles. The van der Waals surface area contributed by atoms with Gasteiger partial charge in [-0.15, -0.1) is 0 Å². The first-order valence-electron chi connectivity index (χ1n) is 3.43. The fourth-order valence-corrected chi connectivity index (χ4v) is 0.792. The average Bonchev–Trinajstić information content (AvgIpc) is 2.01. The summed E-state index contributed by atoms with van der Waals surface area (Å²) in [6.07, 6.45) is 0. The first-order chi connectivity index (χ1) is 5.33. The highest BCUT2D eigenvalue weighted by Gasteiger charge is 1.91. The lowest BCUT2D eigenvalue weighted by molar-refractivity contribution is 0.273. The molecule has 0 N–H and O–H groups in total. The number of halogens is 1. The van der Waals surface area contributed by atoms with Gasteiger partial charge >= 0.3 is 0 Å². The Morgan fingerprint density at radius 3 is 2.91 bits per heavy atom. The fraction of sp³-hybridized carbons (Fsp3) is 0.222. The van der Waals surface area contributed by atoms with Gasteiger partial charge in [0.15, 0.2) is 0 Å².